The molecule has 1 rings (SSSR count). The van der Waals surface area contributed by atoms with Crippen molar-refractivity contribution in [2.45, 2.75) is 13.8 Å². The Morgan fingerprint density at radius 3 is 1.93 bits per heavy atom. The number of rotatable bonds is 4. The van der Waals surface area contributed by atoms with Crippen molar-refractivity contribution in [2.24, 2.45) is 0 Å². The van der Waals surface area contributed by atoms with Gasteiger partial charge >= 0.3 is 8.80 Å². The van der Waals surface area contributed by atoms with Crippen molar-refractivity contribution in [3.05, 3.63) is 29.3 Å². The third kappa shape index (κ3) is 2.13. The number of hydrogen-bond donors (Lipinski definition) is 0. The van der Waals surface area contributed by atoms with Crippen molar-refractivity contribution >= 4 is 14.0 Å². The van der Waals surface area contributed by atoms with Crippen LogP contribution in [0.5, 0.6) is 0 Å². The molecule has 4 heteroatoms. The van der Waals surface area contributed by atoms with Gasteiger partial charge in [0.15, 0.2) is 0 Å². The molecule has 84 valence electrons. The van der Waals surface area contributed by atoms with E-state index in [1.165, 1.54) is 11.1 Å². The fraction of sp³-hybridized carbons (Fsp3) is 0.455. The highest BCUT2D eigenvalue weighted by molar-refractivity contribution is 6.75. The molecule has 1 aromatic carbocycles. The van der Waals surface area contributed by atoms with Crippen molar-refractivity contribution in [3.63, 3.8) is 0 Å². The summed E-state index contributed by atoms with van der Waals surface area (Å²) in [7, 11) is 2.21. The summed E-state index contributed by atoms with van der Waals surface area (Å²) in [6.07, 6.45) is 0. The summed E-state index contributed by atoms with van der Waals surface area (Å²) in [5, 5.41) is 1.04. The van der Waals surface area contributed by atoms with Crippen molar-refractivity contribution < 1.29 is 13.3 Å². The summed E-state index contributed by atoms with van der Waals surface area (Å²) in [5.41, 5.74) is 2.39. The molecule has 0 aliphatic carbocycles. The third-order valence-corrected chi connectivity index (χ3v) is 5.55. The lowest BCUT2D eigenvalue weighted by Gasteiger charge is -2.26. The fourth-order valence-corrected chi connectivity index (χ4v) is 3.78. The molecule has 0 aliphatic heterocycles. The van der Waals surface area contributed by atoms with E-state index >= 15 is 0 Å². The Morgan fingerprint density at radius 1 is 0.933 bits per heavy atom. The zero-order valence-electron chi connectivity index (χ0n) is 9.96. The summed E-state index contributed by atoms with van der Waals surface area (Å²) in [6.45, 7) is 4.13. The number of benzene rings is 1. The van der Waals surface area contributed by atoms with Crippen molar-refractivity contribution in [2.75, 3.05) is 21.3 Å². The molecule has 1 aromatic rings. The standard InChI is InChI=1S/C11H18O3Si/c1-9-7-6-8-11(10(9)2)15(12-3,13-4)14-5/h6-8H,1-5H3. The van der Waals surface area contributed by atoms with Crippen LogP contribution >= 0.6 is 0 Å². The van der Waals surface area contributed by atoms with Crippen LogP contribution in [0.1, 0.15) is 11.1 Å². The summed E-state index contributed by atoms with van der Waals surface area (Å²) in [4.78, 5) is 0. The molecule has 0 saturated carbocycles. The van der Waals surface area contributed by atoms with E-state index in [0.29, 0.717) is 0 Å². The van der Waals surface area contributed by atoms with Gasteiger partial charge in [0.25, 0.3) is 0 Å². The average molecular weight is 226 g/mol. The van der Waals surface area contributed by atoms with E-state index in [0.717, 1.165) is 5.19 Å². The average Bonchev–Trinajstić information content (AvgIpc) is 2.27. The van der Waals surface area contributed by atoms with Crippen LogP contribution in [0.15, 0.2) is 18.2 Å². The van der Waals surface area contributed by atoms with Crippen molar-refractivity contribution in [3.8, 4) is 0 Å². The van der Waals surface area contributed by atoms with Gasteiger partial charge in [-0.2, -0.15) is 0 Å². The first-order valence-corrected chi connectivity index (χ1v) is 6.56. The lowest BCUT2D eigenvalue weighted by atomic mass is 10.1. The quantitative estimate of drug-likeness (QED) is 0.726. The molecule has 0 fully saturated rings. The van der Waals surface area contributed by atoms with Gasteiger partial charge in [-0.05, 0) is 25.0 Å². The summed E-state index contributed by atoms with van der Waals surface area (Å²) in [5.74, 6) is 0. The molecule has 0 unspecified atom stereocenters. The van der Waals surface area contributed by atoms with Gasteiger partial charge in [-0.25, -0.2) is 0 Å². The Hall–Kier alpha value is -0.683. The smallest absolute Gasteiger partial charge is 0.373 e. The minimum Gasteiger partial charge on any atom is -0.373 e. The molecular weight excluding hydrogens is 208 g/mol. The molecule has 0 aliphatic rings. The molecule has 0 amide bonds. The van der Waals surface area contributed by atoms with Gasteiger partial charge in [0.1, 0.15) is 0 Å². The van der Waals surface area contributed by atoms with E-state index in [4.69, 9.17) is 13.3 Å². The highest BCUT2D eigenvalue weighted by atomic mass is 28.4. The molecule has 15 heavy (non-hydrogen) atoms. The second-order valence-corrected chi connectivity index (χ2v) is 6.29. The monoisotopic (exact) mass is 226 g/mol. The third-order valence-electron chi connectivity index (χ3n) is 2.74. The molecule has 0 radical (unpaired) electrons. The largest absolute Gasteiger partial charge is 0.536 e. The molecule has 0 bridgehead atoms. The Bertz CT molecular complexity index is 326. The van der Waals surface area contributed by atoms with Crippen LogP contribution in [-0.2, 0) is 13.3 Å². The molecule has 0 N–H and O–H groups in total. The van der Waals surface area contributed by atoms with Crippen LogP contribution in [0.3, 0.4) is 0 Å². The van der Waals surface area contributed by atoms with Crippen molar-refractivity contribution in [1.29, 1.82) is 0 Å². The lowest BCUT2D eigenvalue weighted by molar-refractivity contribution is 0.140. The topological polar surface area (TPSA) is 27.7 Å². The van der Waals surface area contributed by atoms with Gasteiger partial charge in [0, 0.05) is 26.5 Å². The minimum atomic E-state index is -2.67. The molecule has 0 heterocycles. The van der Waals surface area contributed by atoms with Gasteiger partial charge in [-0.15, -0.1) is 0 Å². The molecular formula is C11H18O3Si. The first-order chi connectivity index (χ1) is 7.11. The summed E-state index contributed by atoms with van der Waals surface area (Å²) in [6, 6.07) is 6.07. The second-order valence-electron chi connectivity index (χ2n) is 3.42. The van der Waals surface area contributed by atoms with Crippen LogP contribution in [0.25, 0.3) is 0 Å². The van der Waals surface area contributed by atoms with Gasteiger partial charge in [0.2, 0.25) is 0 Å². The molecule has 0 saturated heterocycles. The van der Waals surface area contributed by atoms with E-state index < -0.39 is 8.80 Å². The van der Waals surface area contributed by atoms with E-state index in [1.54, 1.807) is 21.3 Å². The molecule has 3 nitrogen and oxygen atoms in total. The van der Waals surface area contributed by atoms with E-state index in [2.05, 4.69) is 19.9 Å². The zero-order valence-corrected chi connectivity index (χ0v) is 11.0. The Morgan fingerprint density at radius 2 is 1.47 bits per heavy atom. The van der Waals surface area contributed by atoms with Gasteiger partial charge in [0.05, 0.1) is 0 Å². The SMILES string of the molecule is CO[Si](OC)(OC)c1cccc(C)c1C. The van der Waals surface area contributed by atoms with E-state index in [9.17, 15) is 0 Å². The second kappa shape index (κ2) is 4.89. The van der Waals surface area contributed by atoms with Gasteiger partial charge in [-0.1, -0.05) is 18.2 Å². The highest BCUT2D eigenvalue weighted by Gasteiger charge is 2.42. The van der Waals surface area contributed by atoms with Crippen LogP contribution in [0.2, 0.25) is 0 Å². The first kappa shape index (κ1) is 12.4. The zero-order chi connectivity index (χ0) is 11.5. The molecule has 0 aromatic heterocycles. The maximum Gasteiger partial charge on any atom is 0.536 e. The first-order valence-electron chi connectivity index (χ1n) is 4.83. The van der Waals surface area contributed by atoms with Crippen LogP contribution in [-0.4, -0.2) is 30.1 Å². The molecule has 0 atom stereocenters. The Balaban J connectivity index is 3.28. The van der Waals surface area contributed by atoms with Crippen molar-refractivity contribution in [1.82, 2.24) is 0 Å². The Labute approximate surface area is 92.3 Å². The number of aryl methyl sites for hydroxylation is 1. The van der Waals surface area contributed by atoms with Gasteiger partial charge in [-0.3, -0.25) is 0 Å². The highest BCUT2D eigenvalue weighted by Crippen LogP contribution is 2.12. The minimum absolute atomic E-state index is 1.04. The maximum atomic E-state index is 5.45. The van der Waals surface area contributed by atoms with Crippen LogP contribution < -0.4 is 5.19 Å². The predicted molar refractivity (Wildman–Crippen MR) is 62.3 cm³/mol. The van der Waals surface area contributed by atoms with E-state index in [-0.39, 0.29) is 0 Å². The normalized spacial score (nSPS) is 11.8. The summed E-state index contributed by atoms with van der Waals surface area (Å²) >= 11 is 0. The van der Waals surface area contributed by atoms with Crippen LogP contribution in [0.4, 0.5) is 0 Å². The van der Waals surface area contributed by atoms with Gasteiger partial charge < -0.3 is 13.3 Å². The lowest BCUT2D eigenvalue weighted by Crippen LogP contribution is -2.55. The molecule has 0 spiro atoms. The Kier molecular flexibility index (Phi) is 4.04. The predicted octanol–water partition coefficient (Wildman–Crippen LogP) is 1.39. The summed E-state index contributed by atoms with van der Waals surface area (Å²) < 4.78 is 16.4. The van der Waals surface area contributed by atoms with E-state index in [1.807, 2.05) is 12.1 Å². The van der Waals surface area contributed by atoms with Crippen LogP contribution in [0, 0.1) is 13.8 Å². The fourth-order valence-electron chi connectivity index (χ4n) is 1.66. The number of hydrogen-bond acceptors (Lipinski definition) is 3. The maximum absolute atomic E-state index is 5.45.